The molecule has 1 aromatic heterocycles. The van der Waals surface area contributed by atoms with E-state index in [9.17, 15) is 8.42 Å². The number of benzene rings is 3. The SMILES string of the molecule is CNS(=O)(=O)c1ccc(-c2cccc3cnc(Nc4cccc(N5CCN(C)CC5)c4)nc23)cc1. The summed E-state index contributed by atoms with van der Waals surface area (Å²) in [5, 5.41) is 4.26. The maximum atomic E-state index is 12.1. The van der Waals surface area contributed by atoms with Crippen molar-refractivity contribution in [1.82, 2.24) is 19.6 Å². The van der Waals surface area contributed by atoms with Crippen molar-refractivity contribution in [2.24, 2.45) is 0 Å². The Bertz CT molecular complexity index is 1450. The Hall–Kier alpha value is -3.53. The Morgan fingerprint density at radius 1 is 0.914 bits per heavy atom. The van der Waals surface area contributed by atoms with Crippen molar-refractivity contribution in [3.05, 3.63) is 72.9 Å². The molecule has 0 amide bonds. The van der Waals surface area contributed by atoms with Gasteiger partial charge in [-0.3, -0.25) is 0 Å². The van der Waals surface area contributed by atoms with Crippen molar-refractivity contribution in [1.29, 1.82) is 0 Å². The number of rotatable bonds is 6. The van der Waals surface area contributed by atoms with Crippen LogP contribution in [0.4, 0.5) is 17.3 Å². The molecule has 9 heteroatoms. The molecule has 1 aliphatic heterocycles. The zero-order chi connectivity index (χ0) is 24.4. The van der Waals surface area contributed by atoms with E-state index in [4.69, 9.17) is 4.98 Å². The number of nitrogens with one attached hydrogen (secondary N) is 2. The van der Waals surface area contributed by atoms with E-state index < -0.39 is 10.0 Å². The van der Waals surface area contributed by atoms with E-state index in [1.165, 1.54) is 12.7 Å². The fourth-order valence-corrected chi connectivity index (χ4v) is 4.98. The van der Waals surface area contributed by atoms with Crippen molar-refractivity contribution in [3.8, 4) is 11.1 Å². The van der Waals surface area contributed by atoms with Gasteiger partial charge in [0.1, 0.15) is 0 Å². The van der Waals surface area contributed by atoms with Crippen LogP contribution >= 0.6 is 0 Å². The quantitative estimate of drug-likeness (QED) is 0.428. The van der Waals surface area contributed by atoms with Gasteiger partial charge in [0.2, 0.25) is 16.0 Å². The van der Waals surface area contributed by atoms with E-state index in [-0.39, 0.29) is 4.90 Å². The van der Waals surface area contributed by atoms with Gasteiger partial charge in [0.25, 0.3) is 0 Å². The summed E-state index contributed by atoms with van der Waals surface area (Å²) in [4.78, 5) is 14.3. The minimum atomic E-state index is -3.49. The van der Waals surface area contributed by atoms with E-state index in [0.717, 1.165) is 53.9 Å². The molecule has 0 aliphatic carbocycles. The van der Waals surface area contributed by atoms with Crippen LogP contribution in [0.3, 0.4) is 0 Å². The second kappa shape index (κ2) is 9.61. The van der Waals surface area contributed by atoms with Crippen LogP contribution in [0.5, 0.6) is 0 Å². The van der Waals surface area contributed by atoms with Gasteiger partial charge in [0.05, 0.1) is 10.4 Å². The minimum absolute atomic E-state index is 0.223. The number of piperazine rings is 1. The molecule has 0 atom stereocenters. The summed E-state index contributed by atoms with van der Waals surface area (Å²) in [6, 6.07) is 21.0. The fourth-order valence-electron chi connectivity index (χ4n) is 4.25. The van der Waals surface area contributed by atoms with Crippen molar-refractivity contribution in [2.75, 3.05) is 50.5 Å². The zero-order valence-corrected chi connectivity index (χ0v) is 20.6. The largest absolute Gasteiger partial charge is 0.369 e. The van der Waals surface area contributed by atoms with Gasteiger partial charge in [0, 0.05) is 54.7 Å². The number of nitrogens with zero attached hydrogens (tertiary/aromatic N) is 4. The fraction of sp³-hybridized carbons (Fsp3) is 0.231. The highest BCUT2D eigenvalue weighted by molar-refractivity contribution is 7.89. The molecular formula is C26H28N6O2S. The average molecular weight is 489 g/mol. The van der Waals surface area contributed by atoms with Crippen LogP contribution < -0.4 is 14.9 Å². The molecule has 0 radical (unpaired) electrons. The lowest BCUT2D eigenvalue weighted by Gasteiger charge is -2.34. The minimum Gasteiger partial charge on any atom is -0.369 e. The van der Waals surface area contributed by atoms with Gasteiger partial charge >= 0.3 is 0 Å². The Balaban J connectivity index is 1.43. The van der Waals surface area contributed by atoms with Gasteiger partial charge in [-0.15, -0.1) is 0 Å². The van der Waals surface area contributed by atoms with Crippen LogP contribution in [-0.4, -0.2) is 63.6 Å². The van der Waals surface area contributed by atoms with Crippen molar-refractivity contribution in [2.45, 2.75) is 4.90 Å². The highest BCUT2D eigenvalue weighted by Crippen LogP contribution is 2.29. The van der Waals surface area contributed by atoms with Crippen LogP contribution in [0, 0.1) is 0 Å². The zero-order valence-electron chi connectivity index (χ0n) is 19.8. The average Bonchev–Trinajstić information content (AvgIpc) is 2.89. The number of likely N-dealkylation sites (N-methyl/N-ethyl adjacent to an activating group) is 1. The number of anilines is 3. The van der Waals surface area contributed by atoms with Crippen molar-refractivity contribution in [3.63, 3.8) is 0 Å². The summed E-state index contributed by atoms with van der Waals surface area (Å²) in [5.41, 5.74) is 4.70. The molecule has 35 heavy (non-hydrogen) atoms. The first-order valence-corrected chi connectivity index (χ1v) is 13.0. The molecule has 0 saturated carbocycles. The third-order valence-corrected chi connectivity index (χ3v) is 7.76. The van der Waals surface area contributed by atoms with E-state index in [1.54, 1.807) is 30.5 Å². The molecule has 8 nitrogen and oxygen atoms in total. The molecule has 0 spiro atoms. The molecule has 0 unspecified atom stereocenters. The summed E-state index contributed by atoms with van der Waals surface area (Å²) < 4.78 is 26.5. The molecule has 1 aliphatic rings. The normalized spacial score (nSPS) is 14.9. The molecule has 1 saturated heterocycles. The second-order valence-corrected chi connectivity index (χ2v) is 10.5. The number of fused-ring (bicyclic) bond motifs is 1. The maximum Gasteiger partial charge on any atom is 0.240 e. The van der Waals surface area contributed by atoms with E-state index >= 15 is 0 Å². The smallest absolute Gasteiger partial charge is 0.240 e. The van der Waals surface area contributed by atoms with E-state index in [2.05, 4.69) is 44.0 Å². The Kier molecular flexibility index (Phi) is 6.38. The number of aromatic nitrogens is 2. The maximum absolute atomic E-state index is 12.1. The number of para-hydroxylation sites is 1. The third kappa shape index (κ3) is 4.97. The molecule has 3 aromatic carbocycles. The highest BCUT2D eigenvalue weighted by Gasteiger charge is 2.15. The summed E-state index contributed by atoms with van der Waals surface area (Å²) in [6.45, 7) is 4.11. The van der Waals surface area contributed by atoms with Gasteiger partial charge in [-0.2, -0.15) is 0 Å². The molecule has 5 rings (SSSR count). The van der Waals surface area contributed by atoms with Crippen LogP contribution in [0.25, 0.3) is 22.0 Å². The standard InChI is InChI=1S/C26H28N6O2S/c1-27-35(33,34)23-11-9-19(10-12-23)24-8-3-5-20-18-28-26(30-25(20)24)29-21-6-4-7-22(17-21)32-15-13-31(2)14-16-32/h3-12,17-18,27H,13-16H2,1-2H3,(H,28,29,30). The monoisotopic (exact) mass is 488 g/mol. The molecule has 0 bridgehead atoms. The van der Waals surface area contributed by atoms with Crippen LogP contribution in [0.2, 0.25) is 0 Å². The molecule has 4 aromatic rings. The second-order valence-electron chi connectivity index (χ2n) is 8.63. The van der Waals surface area contributed by atoms with Crippen LogP contribution in [-0.2, 0) is 10.0 Å². The first kappa shape index (κ1) is 23.2. The number of sulfonamides is 1. The third-order valence-electron chi connectivity index (χ3n) is 6.33. The predicted molar refractivity (Wildman–Crippen MR) is 141 cm³/mol. The Morgan fingerprint density at radius 3 is 2.40 bits per heavy atom. The van der Waals surface area contributed by atoms with Crippen molar-refractivity contribution < 1.29 is 8.42 Å². The lowest BCUT2D eigenvalue weighted by molar-refractivity contribution is 0.313. The predicted octanol–water partition coefficient (Wildman–Crippen LogP) is 3.70. The van der Waals surface area contributed by atoms with Gasteiger partial charge in [-0.05, 0) is 50.0 Å². The van der Waals surface area contributed by atoms with Crippen LogP contribution in [0.1, 0.15) is 0 Å². The summed E-state index contributed by atoms with van der Waals surface area (Å²) >= 11 is 0. The Morgan fingerprint density at radius 2 is 1.66 bits per heavy atom. The molecular weight excluding hydrogens is 460 g/mol. The van der Waals surface area contributed by atoms with Gasteiger partial charge in [-0.25, -0.2) is 23.1 Å². The molecule has 1 fully saturated rings. The first-order chi connectivity index (χ1) is 16.9. The van der Waals surface area contributed by atoms with E-state index in [1.807, 2.05) is 30.3 Å². The van der Waals surface area contributed by atoms with Gasteiger partial charge in [0.15, 0.2) is 0 Å². The van der Waals surface area contributed by atoms with Crippen LogP contribution in [0.15, 0.2) is 77.8 Å². The van der Waals surface area contributed by atoms with Crippen molar-refractivity contribution >= 4 is 38.2 Å². The highest BCUT2D eigenvalue weighted by atomic mass is 32.2. The summed E-state index contributed by atoms with van der Waals surface area (Å²) in [5.74, 6) is 0.509. The molecule has 2 heterocycles. The topological polar surface area (TPSA) is 90.5 Å². The number of hydrogen-bond acceptors (Lipinski definition) is 7. The van der Waals surface area contributed by atoms with Gasteiger partial charge < -0.3 is 15.1 Å². The summed E-state index contributed by atoms with van der Waals surface area (Å²) in [7, 11) is 0.0681. The van der Waals surface area contributed by atoms with Gasteiger partial charge in [-0.1, -0.05) is 36.4 Å². The lowest BCUT2D eigenvalue weighted by Crippen LogP contribution is -2.44. The summed E-state index contributed by atoms with van der Waals surface area (Å²) in [6.07, 6.45) is 1.80. The molecule has 2 N–H and O–H groups in total. The first-order valence-electron chi connectivity index (χ1n) is 11.5. The lowest BCUT2D eigenvalue weighted by atomic mass is 10.0. The molecule has 180 valence electrons. The Labute approximate surface area is 205 Å². The number of hydrogen-bond donors (Lipinski definition) is 2. The van der Waals surface area contributed by atoms with E-state index in [0.29, 0.717) is 5.95 Å².